The van der Waals surface area contributed by atoms with E-state index in [0.717, 1.165) is 0 Å². The summed E-state index contributed by atoms with van der Waals surface area (Å²) in [6.45, 7) is 0. The first-order chi connectivity index (χ1) is 9.88. The normalized spacial score (nSPS) is 10.2. The number of nitrogens with one attached hydrogen (secondary N) is 1. The molecule has 1 amide bonds. The molecular weight excluding hydrogens is 427 g/mol. The van der Waals surface area contributed by atoms with Crippen LogP contribution in [0.3, 0.4) is 0 Å². The molecule has 5 nitrogen and oxygen atoms in total. The van der Waals surface area contributed by atoms with Gasteiger partial charge in [0, 0.05) is 31.7 Å². The Morgan fingerprint density at radius 1 is 1.14 bits per heavy atom. The van der Waals surface area contributed by atoms with Crippen molar-refractivity contribution in [2.24, 2.45) is 0 Å². The van der Waals surface area contributed by atoms with Gasteiger partial charge in [-0.25, -0.2) is 0 Å². The molecule has 0 saturated heterocycles. The van der Waals surface area contributed by atoms with Gasteiger partial charge in [-0.05, 0) is 56.1 Å². The molecule has 0 aliphatic carbocycles. The van der Waals surface area contributed by atoms with Gasteiger partial charge in [-0.1, -0.05) is 11.6 Å². The Morgan fingerprint density at radius 3 is 2.14 bits per heavy atom. The summed E-state index contributed by atoms with van der Waals surface area (Å²) < 4.78 is 1.24. The van der Waals surface area contributed by atoms with Crippen LogP contribution >= 0.6 is 43.5 Å². The molecule has 2 aromatic carbocycles. The number of nitrogens with zero attached hydrogens (tertiary/aromatic N) is 1. The number of carbonyl (C=O) groups is 1. The molecule has 0 spiro atoms. The SMILES string of the molecule is O=C(Nc1c(Br)cc(Cl)cc1Br)c1ccc([N+](=O)[O-])cc1. The number of nitro benzene ring substituents is 1. The van der Waals surface area contributed by atoms with Gasteiger partial charge in [-0.15, -0.1) is 0 Å². The predicted molar refractivity (Wildman–Crippen MR) is 87.9 cm³/mol. The standard InChI is InChI=1S/C13H7Br2ClN2O3/c14-10-5-8(16)6-11(15)12(10)17-13(19)7-1-3-9(4-2-7)18(20)21/h1-6H,(H,17,19). The van der Waals surface area contributed by atoms with E-state index in [4.69, 9.17) is 11.6 Å². The number of anilines is 1. The number of non-ortho nitro benzene ring substituents is 1. The third-order valence-electron chi connectivity index (χ3n) is 2.59. The van der Waals surface area contributed by atoms with Gasteiger partial charge in [-0.3, -0.25) is 14.9 Å². The third-order valence-corrected chi connectivity index (χ3v) is 4.05. The topological polar surface area (TPSA) is 72.2 Å². The summed E-state index contributed by atoms with van der Waals surface area (Å²) in [6.07, 6.45) is 0. The van der Waals surface area contributed by atoms with Gasteiger partial charge in [-0.2, -0.15) is 0 Å². The molecular formula is C13H7Br2ClN2O3. The van der Waals surface area contributed by atoms with Gasteiger partial charge in [0.25, 0.3) is 11.6 Å². The van der Waals surface area contributed by atoms with Gasteiger partial charge in [0.15, 0.2) is 0 Å². The van der Waals surface area contributed by atoms with Crippen LogP contribution in [0, 0.1) is 10.1 Å². The first-order valence-corrected chi connectivity index (χ1v) is 7.55. The lowest BCUT2D eigenvalue weighted by molar-refractivity contribution is -0.384. The molecule has 108 valence electrons. The lowest BCUT2D eigenvalue weighted by atomic mass is 10.2. The molecule has 0 atom stereocenters. The maximum atomic E-state index is 12.1. The van der Waals surface area contributed by atoms with Crippen molar-refractivity contribution in [2.45, 2.75) is 0 Å². The predicted octanol–water partition coefficient (Wildman–Crippen LogP) is 5.03. The van der Waals surface area contributed by atoms with E-state index in [2.05, 4.69) is 37.2 Å². The van der Waals surface area contributed by atoms with E-state index < -0.39 is 4.92 Å². The maximum Gasteiger partial charge on any atom is 0.269 e. The van der Waals surface area contributed by atoms with E-state index in [1.807, 2.05) is 0 Å². The quantitative estimate of drug-likeness (QED) is 0.544. The minimum atomic E-state index is -0.520. The molecule has 0 unspecified atom stereocenters. The van der Waals surface area contributed by atoms with Crippen molar-refractivity contribution in [2.75, 3.05) is 5.32 Å². The molecule has 0 radical (unpaired) electrons. The Hall–Kier alpha value is -1.44. The highest BCUT2D eigenvalue weighted by molar-refractivity contribution is 9.11. The Kier molecular flexibility index (Phi) is 4.97. The molecule has 0 fully saturated rings. The minimum Gasteiger partial charge on any atom is -0.320 e. The summed E-state index contributed by atoms with van der Waals surface area (Å²) in [5.74, 6) is -0.381. The van der Waals surface area contributed by atoms with Gasteiger partial charge < -0.3 is 5.32 Å². The number of nitro groups is 1. The van der Waals surface area contributed by atoms with Crippen molar-refractivity contribution >= 4 is 60.7 Å². The zero-order valence-electron chi connectivity index (χ0n) is 10.3. The molecule has 0 saturated carbocycles. The summed E-state index contributed by atoms with van der Waals surface area (Å²) in [6, 6.07) is 8.65. The van der Waals surface area contributed by atoms with Gasteiger partial charge >= 0.3 is 0 Å². The molecule has 2 rings (SSSR count). The van der Waals surface area contributed by atoms with E-state index in [-0.39, 0.29) is 11.6 Å². The Bertz CT molecular complexity index is 697. The number of hydrogen-bond acceptors (Lipinski definition) is 3. The lowest BCUT2D eigenvalue weighted by Crippen LogP contribution is -2.12. The highest BCUT2D eigenvalue weighted by Crippen LogP contribution is 2.34. The molecule has 8 heteroatoms. The highest BCUT2D eigenvalue weighted by atomic mass is 79.9. The van der Waals surface area contributed by atoms with E-state index in [1.165, 1.54) is 24.3 Å². The van der Waals surface area contributed by atoms with Gasteiger partial charge in [0.2, 0.25) is 0 Å². The maximum absolute atomic E-state index is 12.1. The Labute approximate surface area is 141 Å². The second kappa shape index (κ2) is 6.55. The van der Waals surface area contributed by atoms with Crippen molar-refractivity contribution in [1.82, 2.24) is 0 Å². The summed E-state index contributed by atoms with van der Waals surface area (Å²) in [7, 11) is 0. The monoisotopic (exact) mass is 432 g/mol. The fourth-order valence-electron chi connectivity index (χ4n) is 1.58. The fourth-order valence-corrected chi connectivity index (χ4v) is 3.45. The zero-order chi connectivity index (χ0) is 15.6. The van der Waals surface area contributed by atoms with Crippen LogP contribution in [0.4, 0.5) is 11.4 Å². The van der Waals surface area contributed by atoms with Crippen molar-refractivity contribution in [3.8, 4) is 0 Å². The van der Waals surface area contributed by atoms with Crippen LogP contribution in [0.25, 0.3) is 0 Å². The number of hydrogen-bond donors (Lipinski definition) is 1. The van der Waals surface area contributed by atoms with E-state index in [1.54, 1.807) is 12.1 Å². The van der Waals surface area contributed by atoms with Crippen LogP contribution in [0.5, 0.6) is 0 Å². The molecule has 2 aromatic rings. The van der Waals surface area contributed by atoms with Crippen LogP contribution in [-0.2, 0) is 0 Å². The summed E-state index contributed by atoms with van der Waals surface area (Å²) in [4.78, 5) is 22.2. The van der Waals surface area contributed by atoms with Crippen molar-refractivity contribution in [3.05, 3.63) is 66.0 Å². The van der Waals surface area contributed by atoms with Crippen molar-refractivity contribution < 1.29 is 9.72 Å². The second-order valence-electron chi connectivity index (χ2n) is 4.00. The number of benzene rings is 2. The average molecular weight is 434 g/mol. The summed E-state index contributed by atoms with van der Waals surface area (Å²) in [5, 5.41) is 13.8. The zero-order valence-corrected chi connectivity index (χ0v) is 14.2. The van der Waals surface area contributed by atoms with Crippen molar-refractivity contribution in [1.29, 1.82) is 0 Å². The van der Waals surface area contributed by atoms with Gasteiger partial charge in [0.05, 0.1) is 10.6 Å². The molecule has 0 bridgehead atoms. The Morgan fingerprint density at radius 2 is 1.67 bits per heavy atom. The molecule has 0 heterocycles. The molecule has 0 aliphatic rings. The van der Waals surface area contributed by atoms with Crippen molar-refractivity contribution in [3.63, 3.8) is 0 Å². The van der Waals surface area contributed by atoms with Crippen LogP contribution in [0.1, 0.15) is 10.4 Å². The first-order valence-electron chi connectivity index (χ1n) is 5.59. The Balaban J connectivity index is 2.24. The second-order valence-corrected chi connectivity index (χ2v) is 6.15. The number of amides is 1. The third kappa shape index (κ3) is 3.81. The van der Waals surface area contributed by atoms with Crippen LogP contribution in [0.15, 0.2) is 45.3 Å². The first kappa shape index (κ1) is 15.9. The highest BCUT2D eigenvalue weighted by Gasteiger charge is 2.13. The fraction of sp³-hybridized carbons (Fsp3) is 0. The van der Waals surface area contributed by atoms with E-state index in [0.29, 0.717) is 25.2 Å². The largest absolute Gasteiger partial charge is 0.320 e. The summed E-state index contributed by atoms with van der Waals surface area (Å²) >= 11 is 12.5. The molecule has 21 heavy (non-hydrogen) atoms. The van der Waals surface area contributed by atoms with Crippen LogP contribution in [0.2, 0.25) is 5.02 Å². The molecule has 1 N–H and O–H groups in total. The minimum absolute atomic E-state index is 0.0691. The summed E-state index contributed by atoms with van der Waals surface area (Å²) in [5.41, 5.74) is 0.775. The smallest absolute Gasteiger partial charge is 0.269 e. The number of halogens is 3. The number of rotatable bonds is 3. The van der Waals surface area contributed by atoms with Crippen LogP contribution < -0.4 is 5.32 Å². The van der Waals surface area contributed by atoms with Gasteiger partial charge in [0.1, 0.15) is 0 Å². The molecule has 0 aromatic heterocycles. The lowest BCUT2D eigenvalue weighted by Gasteiger charge is -2.10. The van der Waals surface area contributed by atoms with E-state index >= 15 is 0 Å². The van der Waals surface area contributed by atoms with E-state index in [9.17, 15) is 14.9 Å². The average Bonchev–Trinajstić information content (AvgIpc) is 2.42. The van der Waals surface area contributed by atoms with Crippen LogP contribution in [-0.4, -0.2) is 10.8 Å². The number of carbonyl (C=O) groups excluding carboxylic acids is 1. The molecule has 0 aliphatic heterocycles.